The van der Waals surface area contributed by atoms with Gasteiger partial charge in [0.15, 0.2) is 0 Å². The van der Waals surface area contributed by atoms with E-state index in [1.165, 1.54) is 5.56 Å². The molecule has 4 heteroatoms. The number of benzene rings is 2. The lowest BCUT2D eigenvalue weighted by Crippen LogP contribution is -2.00. The summed E-state index contributed by atoms with van der Waals surface area (Å²) >= 11 is 12.1. The first kappa shape index (κ1) is 13.2. The van der Waals surface area contributed by atoms with Gasteiger partial charge in [-0.15, -0.1) is 0 Å². The molecule has 0 bridgehead atoms. The van der Waals surface area contributed by atoms with Gasteiger partial charge in [-0.25, -0.2) is 0 Å². The largest absolute Gasteiger partial charge is 0.380 e. The van der Waals surface area contributed by atoms with E-state index in [2.05, 4.69) is 28.5 Å². The van der Waals surface area contributed by atoms with Gasteiger partial charge in [0, 0.05) is 18.1 Å². The van der Waals surface area contributed by atoms with Crippen LogP contribution in [0.15, 0.2) is 54.7 Å². The first-order chi connectivity index (χ1) is 9.74. The molecule has 0 atom stereocenters. The summed E-state index contributed by atoms with van der Waals surface area (Å²) in [5.74, 6) is 0. The van der Waals surface area contributed by atoms with Crippen molar-refractivity contribution in [3.8, 4) is 0 Å². The topological polar surface area (TPSA) is 24.9 Å². The van der Waals surface area contributed by atoms with Crippen molar-refractivity contribution >= 4 is 39.8 Å². The Hall–Kier alpha value is -1.77. The number of anilines is 1. The third-order valence-electron chi connectivity index (χ3n) is 3.10. The third kappa shape index (κ3) is 2.72. The smallest absolute Gasteiger partial charge is 0.0823 e. The van der Waals surface area contributed by atoms with Crippen LogP contribution < -0.4 is 5.32 Å². The van der Waals surface area contributed by atoms with Crippen LogP contribution in [-0.4, -0.2) is 4.98 Å². The molecule has 1 aromatic heterocycles. The standard InChI is InChI=1S/C16H12Cl2N2/c17-13-4-1-5-15(16(13)18)20-10-11-6-7-14-12(9-11)3-2-8-19-14/h1-9,20H,10H2. The zero-order valence-corrected chi connectivity index (χ0v) is 12.1. The molecule has 0 aliphatic carbocycles. The van der Waals surface area contributed by atoms with E-state index in [0.29, 0.717) is 16.6 Å². The lowest BCUT2D eigenvalue weighted by Gasteiger charge is -2.10. The summed E-state index contributed by atoms with van der Waals surface area (Å²) in [5.41, 5.74) is 3.00. The van der Waals surface area contributed by atoms with Crippen LogP contribution >= 0.6 is 23.2 Å². The normalized spacial score (nSPS) is 10.7. The fourth-order valence-electron chi connectivity index (χ4n) is 2.07. The van der Waals surface area contributed by atoms with Crippen molar-refractivity contribution in [2.24, 2.45) is 0 Å². The third-order valence-corrected chi connectivity index (χ3v) is 3.92. The van der Waals surface area contributed by atoms with E-state index in [0.717, 1.165) is 16.6 Å². The highest BCUT2D eigenvalue weighted by atomic mass is 35.5. The van der Waals surface area contributed by atoms with Gasteiger partial charge in [-0.2, -0.15) is 0 Å². The van der Waals surface area contributed by atoms with Crippen molar-refractivity contribution in [1.82, 2.24) is 4.98 Å². The quantitative estimate of drug-likeness (QED) is 0.723. The minimum Gasteiger partial charge on any atom is -0.380 e. The average molecular weight is 303 g/mol. The van der Waals surface area contributed by atoms with Gasteiger partial charge in [-0.05, 0) is 35.9 Å². The number of hydrogen-bond donors (Lipinski definition) is 1. The molecule has 0 aliphatic rings. The van der Waals surface area contributed by atoms with Gasteiger partial charge in [-0.1, -0.05) is 41.4 Å². The molecule has 0 unspecified atom stereocenters. The molecule has 0 aliphatic heterocycles. The molecular formula is C16H12Cl2N2. The number of halogens is 2. The molecule has 2 aromatic carbocycles. The minimum absolute atomic E-state index is 0.552. The van der Waals surface area contributed by atoms with Crippen molar-refractivity contribution in [3.63, 3.8) is 0 Å². The second-order valence-electron chi connectivity index (χ2n) is 4.49. The van der Waals surface area contributed by atoms with Crippen LogP contribution in [0.2, 0.25) is 10.0 Å². The monoisotopic (exact) mass is 302 g/mol. The highest BCUT2D eigenvalue weighted by Gasteiger charge is 2.04. The predicted molar refractivity (Wildman–Crippen MR) is 85.5 cm³/mol. The molecule has 3 aromatic rings. The second-order valence-corrected chi connectivity index (χ2v) is 5.27. The van der Waals surface area contributed by atoms with Crippen molar-refractivity contribution < 1.29 is 0 Å². The van der Waals surface area contributed by atoms with Crippen LogP contribution in [0.5, 0.6) is 0 Å². The molecule has 0 amide bonds. The van der Waals surface area contributed by atoms with Gasteiger partial charge in [0.1, 0.15) is 0 Å². The van der Waals surface area contributed by atoms with Gasteiger partial charge in [0.05, 0.1) is 21.2 Å². The van der Waals surface area contributed by atoms with E-state index in [1.54, 1.807) is 12.3 Å². The van der Waals surface area contributed by atoms with E-state index in [9.17, 15) is 0 Å². The summed E-state index contributed by atoms with van der Waals surface area (Å²) in [4.78, 5) is 4.31. The number of aromatic nitrogens is 1. The molecule has 3 rings (SSSR count). The zero-order chi connectivity index (χ0) is 13.9. The van der Waals surface area contributed by atoms with Crippen LogP contribution in [-0.2, 0) is 6.54 Å². The molecule has 0 spiro atoms. The maximum atomic E-state index is 6.15. The molecule has 2 nitrogen and oxygen atoms in total. The Labute approximate surface area is 127 Å². The number of hydrogen-bond acceptors (Lipinski definition) is 2. The van der Waals surface area contributed by atoms with E-state index in [-0.39, 0.29) is 0 Å². The fraction of sp³-hybridized carbons (Fsp3) is 0.0625. The Morgan fingerprint density at radius 1 is 1.00 bits per heavy atom. The van der Waals surface area contributed by atoms with Crippen LogP contribution in [0.4, 0.5) is 5.69 Å². The predicted octanol–water partition coefficient (Wildman–Crippen LogP) is 5.15. The Balaban J connectivity index is 1.81. The van der Waals surface area contributed by atoms with Crippen molar-refractivity contribution in [2.75, 3.05) is 5.32 Å². The Bertz CT molecular complexity index is 756. The van der Waals surface area contributed by atoms with Crippen LogP contribution in [0.1, 0.15) is 5.56 Å². The molecule has 100 valence electrons. The van der Waals surface area contributed by atoms with Crippen LogP contribution in [0, 0.1) is 0 Å². The molecule has 0 saturated carbocycles. The molecule has 0 radical (unpaired) electrons. The summed E-state index contributed by atoms with van der Waals surface area (Å²) in [6.07, 6.45) is 1.80. The molecule has 0 fully saturated rings. The van der Waals surface area contributed by atoms with Crippen molar-refractivity contribution in [3.05, 3.63) is 70.3 Å². The number of rotatable bonds is 3. The molecule has 0 saturated heterocycles. The van der Waals surface area contributed by atoms with Gasteiger partial charge in [0.2, 0.25) is 0 Å². The van der Waals surface area contributed by atoms with E-state index < -0.39 is 0 Å². The summed E-state index contributed by atoms with van der Waals surface area (Å²) in [6, 6.07) is 15.8. The number of nitrogens with zero attached hydrogens (tertiary/aromatic N) is 1. The molecule has 1 heterocycles. The maximum Gasteiger partial charge on any atom is 0.0823 e. The minimum atomic E-state index is 0.552. The fourth-order valence-corrected chi connectivity index (χ4v) is 2.44. The SMILES string of the molecule is Clc1cccc(NCc2ccc3ncccc3c2)c1Cl. The summed E-state index contributed by atoms with van der Waals surface area (Å²) < 4.78 is 0. The molecular weight excluding hydrogens is 291 g/mol. The lowest BCUT2D eigenvalue weighted by molar-refractivity contribution is 1.15. The van der Waals surface area contributed by atoms with Crippen molar-refractivity contribution in [1.29, 1.82) is 0 Å². The second kappa shape index (κ2) is 5.70. The highest BCUT2D eigenvalue weighted by molar-refractivity contribution is 6.43. The zero-order valence-electron chi connectivity index (χ0n) is 10.6. The lowest BCUT2D eigenvalue weighted by atomic mass is 10.1. The first-order valence-electron chi connectivity index (χ1n) is 6.25. The summed E-state index contributed by atoms with van der Waals surface area (Å²) in [7, 11) is 0. The Kier molecular flexibility index (Phi) is 3.77. The van der Waals surface area contributed by atoms with Gasteiger partial charge >= 0.3 is 0 Å². The maximum absolute atomic E-state index is 6.15. The van der Waals surface area contributed by atoms with E-state index >= 15 is 0 Å². The van der Waals surface area contributed by atoms with Gasteiger partial charge in [-0.3, -0.25) is 4.98 Å². The number of pyridine rings is 1. The van der Waals surface area contributed by atoms with Crippen LogP contribution in [0.25, 0.3) is 10.9 Å². The summed E-state index contributed by atoms with van der Waals surface area (Å²) in [6.45, 7) is 0.685. The van der Waals surface area contributed by atoms with E-state index in [4.69, 9.17) is 23.2 Å². The van der Waals surface area contributed by atoms with Gasteiger partial charge < -0.3 is 5.32 Å². The molecule has 1 N–H and O–H groups in total. The number of fused-ring (bicyclic) bond motifs is 1. The van der Waals surface area contributed by atoms with Crippen molar-refractivity contribution in [2.45, 2.75) is 6.54 Å². The number of nitrogens with one attached hydrogen (secondary N) is 1. The van der Waals surface area contributed by atoms with E-state index in [1.807, 2.05) is 24.3 Å². The molecule has 20 heavy (non-hydrogen) atoms. The highest BCUT2D eigenvalue weighted by Crippen LogP contribution is 2.29. The first-order valence-corrected chi connectivity index (χ1v) is 7.01. The Morgan fingerprint density at radius 2 is 1.90 bits per heavy atom. The van der Waals surface area contributed by atoms with Crippen LogP contribution in [0.3, 0.4) is 0 Å². The Morgan fingerprint density at radius 3 is 2.80 bits per heavy atom. The van der Waals surface area contributed by atoms with Gasteiger partial charge in [0.25, 0.3) is 0 Å². The summed E-state index contributed by atoms with van der Waals surface area (Å²) in [5, 5.41) is 5.53. The average Bonchev–Trinajstić information content (AvgIpc) is 2.48.